The van der Waals surface area contributed by atoms with Gasteiger partial charge in [-0.2, -0.15) is 0 Å². The number of hydrogen-bond acceptors (Lipinski definition) is 3. The van der Waals surface area contributed by atoms with E-state index < -0.39 is 0 Å². The summed E-state index contributed by atoms with van der Waals surface area (Å²) in [5.41, 5.74) is 3.47. The van der Waals surface area contributed by atoms with Crippen molar-refractivity contribution in [1.29, 1.82) is 0 Å². The Morgan fingerprint density at radius 1 is 1.17 bits per heavy atom. The molecule has 2 aliphatic rings. The number of anilines is 1. The number of hydrogen-bond donors (Lipinski definition) is 1. The summed E-state index contributed by atoms with van der Waals surface area (Å²) >= 11 is 6.21. The van der Waals surface area contributed by atoms with E-state index in [-0.39, 0.29) is 12.1 Å². The second-order valence-corrected chi connectivity index (χ2v) is 6.63. The molecule has 2 aliphatic heterocycles. The fourth-order valence-corrected chi connectivity index (χ4v) is 4.05. The van der Waals surface area contributed by atoms with E-state index in [0.717, 1.165) is 35.9 Å². The summed E-state index contributed by atoms with van der Waals surface area (Å²) in [6.45, 7) is 0.811. The van der Waals surface area contributed by atoms with E-state index in [1.54, 1.807) is 7.11 Å². The van der Waals surface area contributed by atoms with E-state index >= 15 is 0 Å². The highest BCUT2D eigenvalue weighted by molar-refractivity contribution is 6.30. The van der Waals surface area contributed by atoms with Gasteiger partial charge >= 0.3 is 0 Å². The van der Waals surface area contributed by atoms with Crippen molar-refractivity contribution in [2.75, 3.05) is 19.0 Å². The second kappa shape index (κ2) is 6.06. The predicted molar refractivity (Wildman–Crippen MR) is 92.2 cm³/mol. The van der Waals surface area contributed by atoms with Crippen LogP contribution in [0.2, 0.25) is 5.02 Å². The smallest absolute Gasteiger partial charge is 0.124 e. The first-order chi connectivity index (χ1) is 11.3. The topological polar surface area (TPSA) is 30.5 Å². The van der Waals surface area contributed by atoms with Crippen LogP contribution in [0.5, 0.6) is 5.75 Å². The Morgan fingerprint density at radius 2 is 2.04 bits per heavy atom. The van der Waals surface area contributed by atoms with Crippen LogP contribution in [0.15, 0.2) is 42.5 Å². The molecular formula is C19H20ClNO2. The molecule has 4 heteroatoms. The summed E-state index contributed by atoms with van der Waals surface area (Å²) in [5.74, 6) is 1.30. The summed E-state index contributed by atoms with van der Waals surface area (Å²) in [6.07, 6.45) is 2.31. The molecule has 0 saturated carbocycles. The Bertz CT molecular complexity index is 718. The van der Waals surface area contributed by atoms with Gasteiger partial charge in [-0.25, -0.2) is 0 Å². The third kappa shape index (κ3) is 2.58. The quantitative estimate of drug-likeness (QED) is 0.842. The zero-order valence-electron chi connectivity index (χ0n) is 13.1. The molecule has 0 radical (unpaired) electrons. The average molecular weight is 330 g/mol. The van der Waals surface area contributed by atoms with Crippen LogP contribution >= 0.6 is 11.6 Å². The van der Waals surface area contributed by atoms with E-state index in [2.05, 4.69) is 17.4 Å². The van der Waals surface area contributed by atoms with Crippen molar-refractivity contribution < 1.29 is 9.47 Å². The van der Waals surface area contributed by atoms with Crippen LogP contribution in [-0.4, -0.2) is 13.7 Å². The molecule has 0 unspecified atom stereocenters. The van der Waals surface area contributed by atoms with Gasteiger partial charge in [-0.15, -0.1) is 0 Å². The number of halogens is 1. The zero-order chi connectivity index (χ0) is 15.8. The minimum absolute atomic E-state index is 0.0913. The summed E-state index contributed by atoms with van der Waals surface area (Å²) in [7, 11) is 1.73. The molecule has 1 saturated heterocycles. The van der Waals surface area contributed by atoms with Gasteiger partial charge in [0.15, 0.2) is 0 Å². The van der Waals surface area contributed by atoms with Gasteiger partial charge in [0.1, 0.15) is 5.75 Å². The van der Waals surface area contributed by atoms with Crippen molar-refractivity contribution >= 4 is 17.3 Å². The monoisotopic (exact) mass is 329 g/mol. The lowest BCUT2D eigenvalue weighted by Crippen LogP contribution is -2.36. The van der Waals surface area contributed by atoms with Gasteiger partial charge in [0, 0.05) is 34.4 Å². The molecule has 2 aromatic carbocycles. The lowest BCUT2D eigenvalue weighted by molar-refractivity contribution is -0.0383. The molecule has 3 atom stereocenters. The number of benzene rings is 2. The molecule has 3 nitrogen and oxygen atoms in total. The minimum atomic E-state index is 0.0913. The number of methoxy groups -OCH3 is 1. The van der Waals surface area contributed by atoms with Crippen LogP contribution in [0.4, 0.5) is 5.69 Å². The maximum absolute atomic E-state index is 6.21. The standard InChI is InChI=1S/C19H20ClNO2/c1-22-17-7-3-2-5-13(17)18-14-6-4-10-23-19(14)15-11-12(20)8-9-16(15)21-18/h2-3,5,7-9,11,14,18-19,21H,4,6,10H2,1H3/t14-,18+,19-/m0/s1. The largest absolute Gasteiger partial charge is 0.496 e. The highest BCUT2D eigenvalue weighted by Crippen LogP contribution is 2.50. The van der Waals surface area contributed by atoms with Crippen molar-refractivity contribution in [1.82, 2.24) is 0 Å². The molecule has 0 aromatic heterocycles. The zero-order valence-corrected chi connectivity index (χ0v) is 13.8. The molecule has 0 spiro atoms. The van der Waals surface area contributed by atoms with E-state index in [1.807, 2.05) is 30.3 Å². The summed E-state index contributed by atoms with van der Waals surface area (Å²) in [6, 6.07) is 14.4. The fourth-order valence-electron chi connectivity index (χ4n) is 3.87. The van der Waals surface area contributed by atoms with E-state index in [0.29, 0.717) is 5.92 Å². The van der Waals surface area contributed by atoms with Crippen molar-refractivity contribution in [3.63, 3.8) is 0 Å². The molecule has 1 N–H and O–H groups in total. The Morgan fingerprint density at radius 3 is 2.91 bits per heavy atom. The normalized spacial score (nSPS) is 25.9. The molecule has 0 aliphatic carbocycles. The highest BCUT2D eigenvalue weighted by Gasteiger charge is 2.40. The number of nitrogens with one attached hydrogen (secondary N) is 1. The van der Waals surface area contributed by atoms with Gasteiger partial charge in [0.05, 0.1) is 19.3 Å². The summed E-state index contributed by atoms with van der Waals surface area (Å²) in [5, 5.41) is 4.45. The lowest BCUT2D eigenvalue weighted by Gasteiger charge is -2.43. The maximum atomic E-state index is 6.21. The molecule has 2 heterocycles. The SMILES string of the molecule is COc1ccccc1[C@H]1Nc2ccc(Cl)cc2[C@H]2OCCC[C@@H]12. The van der Waals surface area contributed by atoms with Crippen molar-refractivity contribution in [2.24, 2.45) is 5.92 Å². The minimum Gasteiger partial charge on any atom is -0.496 e. The number of para-hydroxylation sites is 1. The molecular weight excluding hydrogens is 310 g/mol. The predicted octanol–water partition coefficient (Wildman–Crippen LogP) is 4.98. The van der Waals surface area contributed by atoms with Crippen LogP contribution in [0, 0.1) is 5.92 Å². The molecule has 0 amide bonds. The van der Waals surface area contributed by atoms with Crippen LogP contribution in [0.1, 0.15) is 36.1 Å². The molecule has 1 fully saturated rings. The Hall–Kier alpha value is -1.71. The lowest BCUT2D eigenvalue weighted by atomic mass is 9.77. The van der Waals surface area contributed by atoms with Crippen molar-refractivity contribution in [3.05, 3.63) is 58.6 Å². The Balaban J connectivity index is 1.80. The third-order valence-corrected chi connectivity index (χ3v) is 5.14. The van der Waals surface area contributed by atoms with E-state index in [1.165, 1.54) is 11.1 Å². The van der Waals surface area contributed by atoms with E-state index in [4.69, 9.17) is 21.1 Å². The first-order valence-electron chi connectivity index (χ1n) is 8.08. The van der Waals surface area contributed by atoms with Crippen LogP contribution in [0.25, 0.3) is 0 Å². The number of ether oxygens (including phenoxy) is 2. The van der Waals surface area contributed by atoms with Gasteiger partial charge in [-0.05, 0) is 37.1 Å². The van der Waals surface area contributed by atoms with Crippen molar-refractivity contribution in [2.45, 2.75) is 25.0 Å². The number of rotatable bonds is 2. The van der Waals surface area contributed by atoms with Crippen LogP contribution < -0.4 is 10.1 Å². The van der Waals surface area contributed by atoms with Crippen LogP contribution in [0.3, 0.4) is 0 Å². The molecule has 0 bridgehead atoms. The fraction of sp³-hybridized carbons (Fsp3) is 0.368. The van der Waals surface area contributed by atoms with Gasteiger partial charge in [-0.1, -0.05) is 29.8 Å². The maximum Gasteiger partial charge on any atom is 0.124 e. The van der Waals surface area contributed by atoms with Crippen molar-refractivity contribution in [3.8, 4) is 5.75 Å². The van der Waals surface area contributed by atoms with E-state index in [9.17, 15) is 0 Å². The third-order valence-electron chi connectivity index (χ3n) is 4.90. The summed E-state index contributed by atoms with van der Waals surface area (Å²) < 4.78 is 11.7. The van der Waals surface area contributed by atoms with Gasteiger partial charge in [0.2, 0.25) is 0 Å². The summed E-state index contributed by atoms with van der Waals surface area (Å²) in [4.78, 5) is 0. The molecule has 23 heavy (non-hydrogen) atoms. The van der Waals surface area contributed by atoms with Gasteiger partial charge in [-0.3, -0.25) is 0 Å². The molecule has 2 aromatic rings. The average Bonchev–Trinajstić information content (AvgIpc) is 2.61. The second-order valence-electron chi connectivity index (χ2n) is 6.19. The van der Waals surface area contributed by atoms with Gasteiger partial charge in [0.25, 0.3) is 0 Å². The molecule has 4 rings (SSSR count). The van der Waals surface area contributed by atoms with Gasteiger partial charge < -0.3 is 14.8 Å². The Labute approximate surface area is 141 Å². The highest BCUT2D eigenvalue weighted by atomic mass is 35.5. The first kappa shape index (κ1) is 14.9. The Kier molecular flexibility index (Phi) is 3.92. The molecule has 120 valence electrons. The van der Waals surface area contributed by atoms with Crippen LogP contribution in [-0.2, 0) is 4.74 Å². The number of fused-ring (bicyclic) bond motifs is 3. The first-order valence-corrected chi connectivity index (χ1v) is 8.46.